The van der Waals surface area contributed by atoms with Crippen LogP contribution in [-0.4, -0.2) is 37.2 Å². The SMILES string of the molecule is CC/C=C/C/C=C/C/C=C/C/C=C/C/C=C/C/C=C/CCC(=O)OC[C@@H](COC(=O)CCCCCCCCCCCCCCCCCC)OC(=O)CCCCCCCCC/C=C/CCCCCCCC. The molecule has 1 atom stereocenters. The van der Waals surface area contributed by atoms with Gasteiger partial charge in [0.15, 0.2) is 6.10 Å². The number of unbranched alkanes of at least 4 members (excludes halogenated alkanes) is 28. The molecular formula is C64H110O6. The molecule has 0 bridgehead atoms. The van der Waals surface area contributed by atoms with Gasteiger partial charge in [-0.1, -0.05) is 266 Å². The zero-order chi connectivity index (χ0) is 50.7. The van der Waals surface area contributed by atoms with Crippen LogP contribution >= 0.6 is 0 Å². The molecule has 6 nitrogen and oxygen atoms in total. The van der Waals surface area contributed by atoms with E-state index in [-0.39, 0.29) is 37.5 Å². The van der Waals surface area contributed by atoms with Gasteiger partial charge >= 0.3 is 17.9 Å². The standard InChI is InChI=1S/C64H110O6/c1-4-7-10-13-16-19-22-25-28-31-32-34-36-39-42-45-48-51-54-57-63(66)69-60-61(59-68-62(65)56-53-50-47-44-41-38-35-30-27-24-21-18-15-12-9-6-3)70-64(67)58-55-52-49-46-43-40-37-33-29-26-23-20-17-14-11-8-5-2/h7,10,16,19,25-26,28-29,32,34,39,42,48,51,61H,4-6,8-9,11-15,17-18,20-24,27,30-31,33,35-38,40-41,43-47,49-50,52-60H2,1-3H3/b10-7+,19-16+,28-25+,29-26+,34-32+,42-39+,51-48+/t61-/m1/s1. The molecule has 0 rings (SSSR count). The highest BCUT2D eigenvalue weighted by Crippen LogP contribution is 2.16. The summed E-state index contributed by atoms with van der Waals surface area (Å²) in [7, 11) is 0. The van der Waals surface area contributed by atoms with Crippen LogP contribution in [-0.2, 0) is 28.6 Å². The molecule has 0 aliphatic heterocycles. The van der Waals surface area contributed by atoms with Crippen molar-refractivity contribution in [2.45, 2.75) is 290 Å². The van der Waals surface area contributed by atoms with Crippen molar-refractivity contribution < 1.29 is 28.6 Å². The quantitative estimate of drug-likeness (QED) is 0.0261. The first-order chi connectivity index (χ1) is 34.5. The highest BCUT2D eigenvalue weighted by atomic mass is 16.6. The first-order valence-electron chi connectivity index (χ1n) is 29.6. The number of ether oxygens (including phenoxy) is 3. The molecule has 0 aromatic heterocycles. The van der Waals surface area contributed by atoms with Gasteiger partial charge in [-0.05, 0) is 83.5 Å². The fourth-order valence-electron chi connectivity index (χ4n) is 8.23. The number of hydrogen-bond donors (Lipinski definition) is 0. The number of carbonyl (C=O) groups is 3. The van der Waals surface area contributed by atoms with Crippen molar-refractivity contribution in [1.82, 2.24) is 0 Å². The zero-order valence-electron chi connectivity index (χ0n) is 46.0. The van der Waals surface area contributed by atoms with Gasteiger partial charge in [-0.25, -0.2) is 0 Å². The summed E-state index contributed by atoms with van der Waals surface area (Å²) in [6.45, 7) is 6.48. The molecule has 0 aromatic rings. The van der Waals surface area contributed by atoms with Crippen molar-refractivity contribution in [3.8, 4) is 0 Å². The summed E-state index contributed by atoms with van der Waals surface area (Å²) in [5, 5.41) is 0. The van der Waals surface area contributed by atoms with Crippen LogP contribution in [0.2, 0.25) is 0 Å². The van der Waals surface area contributed by atoms with Crippen LogP contribution in [0.1, 0.15) is 284 Å². The number of hydrogen-bond acceptors (Lipinski definition) is 6. The number of esters is 3. The largest absolute Gasteiger partial charge is 0.462 e. The van der Waals surface area contributed by atoms with Gasteiger partial charge in [-0.3, -0.25) is 14.4 Å². The van der Waals surface area contributed by atoms with E-state index in [1.54, 1.807) is 0 Å². The average Bonchev–Trinajstić information content (AvgIpc) is 3.36. The molecule has 0 spiro atoms. The predicted molar refractivity (Wildman–Crippen MR) is 302 cm³/mol. The van der Waals surface area contributed by atoms with E-state index in [0.29, 0.717) is 19.3 Å². The van der Waals surface area contributed by atoms with Crippen molar-refractivity contribution in [2.75, 3.05) is 13.2 Å². The molecule has 6 heteroatoms. The van der Waals surface area contributed by atoms with Gasteiger partial charge in [-0.15, -0.1) is 0 Å². The van der Waals surface area contributed by atoms with Crippen LogP contribution in [0, 0.1) is 0 Å². The maximum absolute atomic E-state index is 12.9. The Balaban J connectivity index is 4.48. The fourth-order valence-corrected chi connectivity index (χ4v) is 8.23. The van der Waals surface area contributed by atoms with E-state index in [2.05, 4.69) is 99.8 Å². The summed E-state index contributed by atoms with van der Waals surface area (Å²) in [6.07, 6.45) is 75.8. The van der Waals surface area contributed by atoms with E-state index >= 15 is 0 Å². The van der Waals surface area contributed by atoms with Gasteiger partial charge in [0.1, 0.15) is 13.2 Å². The third-order valence-electron chi connectivity index (χ3n) is 12.6. The molecule has 402 valence electrons. The Kier molecular flexibility index (Phi) is 55.3. The van der Waals surface area contributed by atoms with E-state index < -0.39 is 6.10 Å². The number of rotatable bonds is 53. The summed E-state index contributed by atoms with van der Waals surface area (Å²) in [5.41, 5.74) is 0. The minimum absolute atomic E-state index is 0.0991. The topological polar surface area (TPSA) is 78.9 Å². The third kappa shape index (κ3) is 55.5. The maximum atomic E-state index is 12.9. The zero-order valence-corrected chi connectivity index (χ0v) is 46.0. The minimum atomic E-state index is -0.808. The van der Waals surface area contributed by atoms with Gasteiger partial charge < -0.3 is 14.2 Å². The molecule has 0 aliphatic rings. The van der Waals surface area contributed by atoms with Crippen LogP contribution < -0.4 is 0 Å². The van der Waals surface area contributed by atoms with Crippen LogP contribution in [0.25, 0.3) is 0 Å². The molecule has 0 unspecified atom stereocenters. The second-order valence-electron chi connectivity index (χ2n) is 19.5. The lowest BCUT2D eigenvalue weighted by Crippen LogP contribution is -2.30. The molecule has 70 heavy (non-hydrogen) atoms. The van der Waals surface area contributed by atoms with Crippen LogP contribution in [0.15, 0.2) is 85.1 Å². The van der Waals surface area contributed by atoms with Crippen LogP contribution in [0.5, 0.6) is 0 Å². The van der Waals surface area contributed by atoms with Crippen LogP contribution in [0.4, 0.5) is 0 Å². The first kappa shape index (κ1) is 66.6. The number of carbonyl (C=O) groups excluding carboxylic acids is 3. The van der Waals surface area contributed by atoms with E-state index in [0.717, 1.165) is 77.0 Å². The molecule has 0 radical (unpaired) electrons. The highest BCUT2D eigenvalue weighted by molar-refractivity contribution is 5.71. The van der Waals surface area contributed by atoms with Crippen molar-refractivity contribution >= 4 is 17.9 Å². The van der Waals surface area contributed by atoms with E-state index in [1.807, 2.05) is 6.08 Å². The lowest BCUT2D eigenvalue weighted by atomic mass is 10.0. The fraction of sp³-hybridized carbons (Fsp3) is 0.734. The van der Waals surface area contributed by atoms with Gasteiger partial charge in [-0.2, -0.15) is 0 Å². The molecule has 0 aromatic carbocycles. The minimum Gasteiger partial charge on any atom is -0.462 e. The first-order valence-corrected chi connectivity index (χ1v) is 29.6. The number of allylic oxidation sites excluding steroid dienone is 14. The van der Waals surface area contributed by atoms with Gasteiger partial charge in [0.05, 0.1) is 0 Å². The molecule has 0 N–H and O–H groups in total. The maximum Gasteiger partial charge on any atom is 0.306 e. The van der Waals surface area contributed by atoms with E-state index in [4.69, 9.17) is 14.2 Å². The van der Waals surface area contributed by atoms with Crippen molar-refractivity contribution in [3.63, 3.8) is 0 Å². The Morgan fingerprint density at radius 2 is 0.586 bits per heavy atom. The van der Waals surface area contributed by atoms with Gasteiger partial charge in [0.2, 0.25) is 0 Å². The predicted octanol–water partition coefficient (Wildman–Crippen LogP) is 19.9. The lowest BCUT2D eigenvalue weighted by Gasteiger charge is -2.18. The summed E-state index contributed by atoms with van der Waals surface area (Å²) in [5.74, 6) is -0.982. The van der Waals surface area contributed by atoms with E-state index in [9.17, 15) is 14.4 Å². The third-order valence-corrected chi connectivity index (χ3v) is 12.6. The van der Waals surface area contributed by atoms with E-state index in [1.165, 1.54) is 161 Å². The smallest absolute Gasteiger partial charge is 0.306 e. The van der Waals surface area contributed by atoms with Crippen LogP contribution in [0.3, 0.4) is 0 Å². The Morgan fingerprint density at radius 3 is 0.957 bits per heavy atom. The Bertz CT molecular complexity index is 1350. The van der Waals surface area contributed by atoms with Crippen molar-refractivity contribution in [1.29, 1.82) is 0 Å². The van der Waals surface area contributed by atoms with Gasteiger partial charge in [0, 0.05) is 19.3 Å². The Morgan fingerprint density at radius 1 is 0.300 bits per heavy atom. The molecule has 0 amide bonds. The summed E-state index contributed by atoms with van der Waals surface area (Å²) in [4.78, 5) is 38.2. The summed E-state index contributed by atoms with van der Waals surface area (Å²) >= 11 is 0. The molecule has 0 heterocycles. The summed E-state index contributed by atoms with van der Waals surface area (Å²) < 4.78 is 16.8. The van der Waals surface area contributed by atoms with Gasteiger partial charge in [0.25, 0.3) is 0 Å². The average molecular weight is 976 g/mol. The molecular weight excluding hydrogens is 865 g/mol. The second kappa shape index (κ2) is 58.2. The Hall–Kier alpha value is -3.41. The van der Waals surface area contributed by atoms with Crippen molar-refractivity contribution in [3.05, 3.63) is 85.1 Å². The molecule has 0 saturated heterocycles. The molecule has 0 fully saturated rings. The molecule has 0 aliphatic carbocycles. The van der Waals surface area contributed by atoms with Crippen molar-refractivity contribution in [2.24, 2.45) is 0 Å². The lowest BCUT2D eigenvalue weighted by molar-refractivity contribution is -0.166. The summed E-state index contributed by atoms with van der Waals surface area (Å²) in [6, 6.07) is 0. The second-order valence-corrected chi connectivity index (χ2v) is 19.5. The Labute approximate surface area is 433 Å². The normalized spacial score (nSPS) is 12.7. The molecule has 0 saturated carbocycles. The monoisotopic (exact) mass is 975 g/mol. The highest BCUT2D eigenvalue weighted by Gasteiger charge is 2.19.